The molecule has 25 heavy (non-hydrogen) atoms. The summed E-state index contributed by atoms with van der Waals surface area (Å²) in [6, 6.07) is 4.96. The first-order chi connectivity index (χ1) is 11.8. The molecule has 1 saturated heterocycles. The number of nitrogens with one attached hydrogen (secondary N) is 1. The predicted octanol–water partition coefficient (Wildman–Crippen LogP) is 1.49. The SMILES string of the molecule is C=CCc1ccc(OC[C@@H](O)CN2C(=O)NC(C)(C)C2=O)c(OC)c1. The number of carbonyl (C=O) groups excluding carboxylic acids is 2. The van der Waals surface area contributed by atoms with Crippen LogP contribution in [-0.4, -0.2) is 53.8 Å². The van der Waals surface area contributed by atoms with Crippen molar-refractivity contribution in [1.82, 2.24) is 10.2 Å². The first kappa shape index (κ1) is 18.8. The van der Waals surface area contributed by atoms with E-state index >= 15 is 0 Å². The van der Waals surface area contributed by atoms with Crippen molar-refractivity contribution in [3.05, 3.63) is 36.4 Å². The molecule has 2 rings (SSSR count). The highest BCUT2D eigenvalue weighted by molar-refractivity contribution is 6.06. The van der Waals surface area contributed by atoms with Gasteiger partial charge >= 0.3 is 6.03 Å². The van der Waals surface area contributed by atoms with E-state index in [1.54, 1.807) is 26.0 Å². The Labute approximate surface area is 147 Å². The highest BCUT2D eigenvalue weighted by Gasteiger charge is 2.44. The summed E-state index contributed by atoms with van der Waals surface area (Å²) in [6.07, 6.45) is 1.49. The summed E-state index contributed by atoms with van der Waals surface area (Å²) in [7, 11) is 1.53. The van der Waals surface area contributed by atoms with E-state index in [0.29, 0.717) is 17.9 Å². The van der Waals surface area contributed by atoms with Gasteiger partial charge in [0, 0.05) is 0 Å². The Kier molecular flexibility index (Phi) is 5.69. The van der Waals surface area contributed by atoms with Crippen LogP contribution < -0.4 is 14.8 Å². The van der Waals surface area contributed by atoms with Crippen LogP contribution in [0.5, 0.6) is 11.5 Å². The Morgan fingerprint density at radius 1 is 1.36 bits per heavy atom. The van der Waals surface area contributed by atoms with E-state index in [9.17, 15) is 14.7 Å². The van der Waals surface area contributed by atoms with Crippen LogP contribution in [0.2, 0.25) is 0 Å². The Morgan fingerprint density at radius 3 is 2.64 bits per heavy atom. The van der Waals surface area contributed by atoms with Crippen LogP contribution in [0.25, 0.3) is 0 Å². The van der Waals surface area contributed by atoms with Gasteiger partial charge in [-0.05, 0) is 38.0 Å². The fourth-order valence-corrected chi connectivity index (χ4v) is 2.56. The van der Waals surface area contributed by atoms with Crippen LogP contribution in [0.3, 0.4) is 0 Å². The third kappa shape index (κ3) is 4.30. The molecule has 0 spiro atoms. The molecule has 0 unspecified atom stereocenters. The van der Waals surface area contributed by atoms with E-state index in [0.717, 1.165) is 10.5 Å². The molecule has 0 radical (unpaired) electrons. The van der Waals surface area contributed by atoms with E-state index in [1.165, 1.54) is 7.11 Å². The number of carbonyl (C=O) groups is 2. The van der Waals surface area contributed by atoms with Gasteiger partial charge in [0.05, 0.1) is 13.7 Å². The Balaban J connectivity index is 1.96. The van der Waals surface area contributed by atoms with Crippen molar-refractivity contribution in [3.63, 3.8) is 0 Å². The minimum absolute atomic E-state index is 0.0747. The molecule has 1 heterocycles. The molecule has 136 valence electrons. The summed E-state index contributed by atoms with van der Waals surface area (Å²) in [5, 5.41) is 12.7. The number of nitrogens with zero attached hydrogens (tertiary/aromatic N) is 1. The van der Waals surface area contributed by atoms with E-state index in [2.05, 4.69) is 11.9 Å². The average Bonchev–Trinajstić information content (AvgIpc) is 2.75. The summed E-state index contributed by atoms with van der Waals surface area (Å²) in [5.74, 6) is 0.650. The smallest absolute Gasteiger partial charge is 0.325 e. The normalized spacial score (nSPS) is 17.2. The molecule has 0 saturated carbocycles. The van der Waals surface area contributed by atoms with Crippen molar-refractivity contribution in [2.75, 3.05) is 20.3 Å². The molecular formula is C18H24N2O5. The van der Waals surface area contributed by atoms with Crippen LogP contribution in [0.15, 0.2) is 30.9 Å². The van der Waals surface area contributed by atoms with Gasteiger partial charge in [0.1, 0.15) is 18.2 Å². The number of aliphatic hydroxyl groups is 1. The number of hydrogen-bond acceptors (Lipinski definition) is 5. The molecule has 1 fully saturated rings. The minimum atomic E-state index is -1.01. The van der Waals surface area contributed by atoms with Crippen molar-refractivity contribution in [2.45, 2.75) is 31.9 Å². The lowest BCUT2D eigenvalue weighted by Crippen LogP contribution is -2.42. The van der Waals surface area contributed by atoms with E-state index in [1.807, 2.05) is 12.1 Å². The first-order valence-corrected chi connectivity index (χ1v) is 8.01. The minimum Gasteiger partial charge on any atom is -0.493 e. The number of ether oxygens (including phenoxy) is 2. The van der Waals surface area contributed by atoms with Crippen LogP contribution >= 0.6 is 0 Å². The third-order valence-corrected chi connectivity index (χ3v) is 3.88. The fourth-order valence-electron chi connectivity index (χ4n) is 2.56. The van der Waals surface area contributed by atoms with Crippen molar-refractivity contribution in [2.24, 2.45) is 0 Å². The standard InChI is InChI=1S/C18H24N2O5/c1-5-6-12-7-8-14(15(9-12)24-4)25-11-13(21)10-20-16(22)18(2,3)19-17(20)23/h5,7-9,13,21H,1,6,10-11H2,2-4H3,(H,19,23)/t13-/m0/s1. The molecule has 2 N–H and O–H groups in total. The summed E-state index contributed by atoms with van der Waals surface area (Å²) in [6.45, 7) is 6.72. The summed E-state index contributed by atoms with van der Waals surface area (Å²) in [5.41, 5.74) is 0.0725. The van der Waals surface area contributed by atoms with E-state index in [4.69, 9.17) is 9.47 Å². The molecule has 1 atom stereocenters. The van der Waals surface area contributed by atoms with Crippen molar-refractivity contribution >= 4 is 11.9 Å². The maximum absolute atomic E-state index is 12.1. The lowest BCUT2D eigenvalue weighted by Gasteiger charge is -2.20. The van der Waals surface area contributed by atoms with Gasteiger partial charge in [0.25, 0.3) is 5.91 Å². The maximum Gasteiger partial charge on any atom is 0.325 e. The van der Waals surface area contributed by atoms with Crippen LogP contribution in [0.4, 0.5) is 4.79 Å². The van der Waals surface area contributed by atoms with Crippen molar-refractivity contribution in [1.29, 1.82) is 0 Å². The van der Waals surface area contributed by atoms with Gasteiger partial charge in [-0.25, -0.2) is 4.79 Å². The topological polar surface area (TPSA) is 88.1 Å². The van der Waals surface area contributed by atoms with Gasteiger partial charge in [0.15, 0.2) is 11.5 Å². The quantitative estimate of drug-likeness (QED) is 0.549. The van der Waals surface area contributed by atoms with E-state index in [-0.39, 0.29) is 19.1 Å². The fraction of sp³-hybridized carbons (Fsp3) is 0.444. The second kappa shape index (κ2) is 7.57. The number of allylic oxidation sites excluding steroid dienone is 1. The molecule has 1 aliphatic heterocycles. The molecule has 7 heteroatoms. The maximum atomic E-state index is 12.1. The number of benzene rings is 1. The molecule has 1 aromatic carbocycles. The van der Waals surface area contributed by atoms with Gasteiger partial charge in [0.2, 0.25) is 0 Å². The molecule has 0 bridgehead atoms. The number of urea groups is 1. The summed E-state index contributed by atoms with van der Waals surface area (Å²) < 4.78 is 10.9. The zero-order valence-electron chi connectivity index (χ0n) is 14.7. The number of aliphatic hydroxyl groups excluding tert-OH is 1. The van der Waals surface area contributed by atoms with Crippen LogP contribution in [0.1, 0.15) is 19.4 Å². The number of hydrogen-bond donors (Lipinski definition) is 2. The largest absolute Gasteiger partial charge is 0.493 e. The van der Waals surface area contributed by atoms with Gasteiger partial charge in [-0.15, -0.1) is 6.58 Å². The molecule has 1 aliphatic rings. The molecule has 3 amide bonds. The van der Waals surface area contributed by atoms with Crippen molar-refractivity contribution < 1.29 is 24.2 Å². The monoisotopic (exact) mass is 348 g/mol. The van der Waals surface area contributed by atoms with Gasteiger partial charge < -0.3 is 19.9 Å². The molecule has 0 aromatic heterocycles. The van der Waals surface area contributed by atoms with E-state index < -0.39 is 17.7 Å². The predicted molar refractivity (Wildman–Crippen MR) is 92.7 cm³/mol. The first-order valence-electron chi connectivity index (χ1n) is 8.01. The number of amides is 3. The zero-order chi connectivity index (χ0) is 18.6. The molecule has 7 nitrogen and oxygen atoms in total. The highest BCUT2D eigenvalue weighted by atomic mass is 16.5. The Morgan fingerprint density at radius 2 is 2.08 bits per heavy atom. The third-order valence-electron chi connectivity index (χ3n) is 3.88. The highest BCUT2D eigenvalue weighted by Crippen LogP contribution is 2.28. The second-order valence-corrected chi connectivity index (χ2v) is 6.41. The van der Waals surface area contributed by atoms with Crippen LogP contribution in [-0.2, 0) is 11.2 Å². The molecular weight excluding hydrogens is 324 g/mol. The molecule has 0 aliphatic carbocycles. The lowest BCUT2D eigenvalue weighted by molar-refractivity contribution is -0.131. The van der Waals surface area contributed by atoms with Gasteiger partial charge in [-0.1, -0.05) is 12.1 Å². The van der Waals surface area contributed by atoms with Crippen LogP contribution in [0, 0.1) is 0 Å². The van der Waals surface area contributed by atoms with Crippen molar-refractivity contribution in [3.8, 4) is 11.5 Å². The van der Waals surface area contributed by atoms with Gasteiger partial charge in [-0.3, -0.25) is 9.69 Å². The zero-order valence-corrected chi connectivity index (χ0v) is 14.7. The number of imide groups is 1. The molecule has 1 aromatic rings. The average molecular weight is 348 g/mol. The number of β-amino-alcohol motifs (C(OH)–C–C–N with tert-alkyl or cyclic N) is 1. The Bertz CT molecular complexity index is 671. The number of rotatable bonds is 8. The van der Waals surface area contributed by atoms with Gasteiger partial charge in [-0.2, -0.15) is 0 Å². The Hall–Kier alpha value is -2.54. The lowest BCUT2D eigenvalue weighted by atomic mass is 10.1. The summed E-state index contributed by atoms with van der Waals surface area (Å²) >= 11 is 0. The summed E-state index contributed by atoms with van der Waals surface area (Å²) in [4.78, 5) is 24.9. The number of methoxy groups -OCH3 is 1. The second-order valence-electron chi connectivity index (χ2n) is 6.41.